The molecule has 0 saturated carbocycles. The van der Waals surface area contributed by atoms with E-state index in [9.17, 15) is 0 Å². The van der Waals surface area contributed by atoms with E-state index in [4.69, 9.17) is 9.68 Å². The van der Waals surface area contributed by atoms with Crippen LogP contribution < -0.4 is 0 Å². The van der Waals surface area contributed by atoms with Gasteiger partial charge in [-0.15, -0.1) is 0 Å². The standard InChI is InChI=1S/2C7H13NO/c1-5(2)7-4-6(3)9-8-7;1-5(2)7-4-6(3)8-9-7/h5-6H,4H2,1-3H3;5,7H,4H2,1-3H3. The van der Waals surface area contributed by atoms with Gasteiger partial charge >= 0.3 is 0 Å². The Morgan fingerprint density at radius 1 is 1.06 bits per heavy atom. The molecule has 4 heteroatoms. The Kier molecular flexibility index (Phi) is 5.63. The van der Waals surface area contributed by atoms with E-state index in [1.165, 1.54) is 5.71 Å². The lowest BCUT2D eigenvalue weighted by molar-refractivity contribution is 0.0521. The lowest BCUT2D eigenvalue weighted by Crippen LogP contribution is -2.14. The van der Waals surface area contributed by atoms with Crippen LogP contribution in [-0.2, 0) is 9.68 Å². The van der Waals surface area contributed by atoms with Crippen LogP contribution >= 0.6 is 0 Å². The van der Waals surface area contributed by atoms with Crippen LogP contribution in [0.1, 0.15) is 54.4 Å². The van der Waals surface area contributed by atoms with Crippen LogP contribution in [-0.4, -0.2) is 23.6 Å². The van der Waals surface area contributed by atoms with Gasteiger partial charge in [-0.1, -0.05) is 38.0 Å². The summed E-state index contributed by atoms with van der Waals surface area (Å²) in [5.74, 6) is 1.14. The second-order valence-electron chi connectivity index (χ2n) is 5.78. The molecule has 2 unspecified atom stereocenters. The Balaban J connectivity index is 0.000000180. The molecule has 0 aromatic heterocycles. The Morgan fingerprint density at radius 2 is 1.72 bits per heavy atom. The minimum Gasteiger partial charge on any atom is -0.392 e. The van der Waals surface area contributed by atoms with Gasteiger partial charge in [0.1, 0.15) is 12.2 Å². The van der Waals surface area contributed by atoms with Gasteiger partial charge in [0, 0.05) is 12.8 Å². The molecule has 0 spiro atoms. The summed E-state index contributed by atoms with van der Waals surface area (Å²) in [6.45, 7) is 12.6. The first-order valence-electron chi connectivity index (χ1n) is 6.82. The molecule has 18 heavy (non-hydrogen) atoms. The molecule has 2 atom stereocenters. The predicted octanol–water partition coefficient (Wildman–Crippen LogP) is 3.61. The third-order valence-electron chi connectivity index (χ3n) is 3.10. The number of hydrogen-bond donors (Lipinski definition) is 0. The van der Waals surface area contributed by atoms with Gasteiger partial charge in [-0.3, -0.25) is 0 Å². The van der Waals surface area contributed by atoms with Gasteiger partial charge in [-0.05, 0) is 25.7 Å². The van der Waals surface area contributed by atoms with Crippen molar-refractivity contribution in [1.82, 2.24) is 0 Å². The number of hydrogen-bond acceptors (Lipinski definition) is 4. The monoisotopic (exact) mass is 254 g/mol. The minimum absolute atomic E-state index is 0.308. The maximum Gasteiger partial charge on any atom is 0.135 e. The molecule has 0 bridgehead atoms. The SMILES string of the molecule is CC1=NOC(C(C)C)C1.CC1CC(C(C)C)=NO1. The fourth-order valence-corrected chi connectivity index (χ4v) is 1.75. The van der Waals surface area contributed by atoms with Gasteiger partial charge in [-0.2, -0.15) is 0 Å². The van der Waals surface area contributed by atoms with Crippen molar-refractivity contribution in [3.8, 4) is 0 Å². The normalized spacial score (nSPS) is 26.2. The number of rotatable bonds is 2. The van der Waals surface area contributed by atoms with Crippen molar-refractivity contribution in [2.24, 2.45) is 22.1 Å². The second-order valence-corrected chi connectivity index (χ2v) is 5.78. The molecule has 0 N–H and O–H groups in total. The van der Waals surface area contributed by atoms with Gasteiger partial charge in [0.25, 0.3) is 0 Å². The lowest BCUT2D eigenvalue weighted by atomic mass is 10.0. The average Bonchev–Trinajstić information content (AvgIpc) is 2.88. The summed E-state index contributed by atoms with van der Waals surface area (Å²) in [6, 6.07) is 0. The zero-order valence-corrected chi connectivity index (χ0v) is 12.4. The summed E-state index contributed by atoms with van der Waals surface area (Å²) in [7, 11) is 0. The van der Waals surface area contributed by atoms with E-state index in [-0.39, 0.29) is 0 Å². The van der Waals surface area contributed by atoms with Gasteiger partial charge in [-0.25, -0.2) is 0 Å². The third-order valence-corrected chi connectivity index (χ3v) is 3.10. The smallest absolute Gasteiger partial charge is 0.135 e. The van der Waals surface area contributed by atoms with Crippen molar-refractivity contribution in [2.45, 2.75) is 66.6 Å². The molecule has 2 aliphatic rings. The van der Waals surface area contributed by atoms with Crippen molar-refractivity contribution >= 4 is 11.4 Å². The highest BCUT2D eigenvalue weighted by Crippen LogP contribution is 2.17. The zero-order chi connectivity index (χ0) is 13.7. The van der Waals surface area contributed by atoms with Crippen molar-refractivity contribution in [1.29, 1.82) is 0 Å². The van der Waals surface area contributed by atoms with Crippen LogP contribution in [0.5, 0.6) is 0 Å². The summed E-state index contributed by atoms with van der Waals surface area (Å²) in [6.07, 6.45) is 2.67. The summed E-state index contributed by atoms with van der Waals surface area (Å²) < 4.78 is 0. The van der Waals surface area contributed by atoms with E-state index in [1.807, 2.05) is 13.8 Å². The van der Waals surface area contributed by atoms with E-state index < -0.39 is 0 Å². The van der Waals surface area contributed by atoms with E-state index >= 15 is 0 Å². The largest absolute Gasteiger partial charge is 0.392 e. The molecule has 0 saturated heterocycles. The molecule has 0 aromatic carbocycles. The first-order chi connectivity index (χ1) is 8.40. The molecule has 0 fully saturated rings. The van der Waals surface area contributed by atoms with Crippen molar-refractivity contribution < 1.29 is 9.68 Å². The van der Waals surface area contributed by atoms with Crippen LogP contribution in [0.25, 0.3) is 0 Å². The van der Waals surface area contributed by atoms with E-state index in [0.717, 1.165) is 18.6 Å². The molecule has 2 heterocycles. The summed E-state index contributed by atoms with van der Waals surface area (Å²) in [5.41, 5.74) is 2.32. The third kappa shape index (κ3) is 4.67. The topological polar surface area (TPSA) is 43.2 Å². The highest BCUT2D eigenvalue weighted by atomic mass is 16.6. The van der Waals surface area contributed by atoms with E-state index in [1.54, 1.807) is 0 Å². The molecule has 2 aliphatic heterocycles. The molecular weight excluding hydrogens is 228 g/mol. The van der Waals surface area contributed by atoms with Crippen molar-refractivity contribution in [3.63, 3.8) is 0 Å². The molecule has 2 rings (SSSR count). The molecule has 0 aliphatic carbocycles. The lowest BCUT2D eigenvalue weighted by Gasteiger charge is -2.10. The van der Waals surface area contributed by atoms with Crippen LogP contribution in [0.3, 0.4) is 0 Å². The maximum atomic E-state index is 5.11. The molecule has 4 nitrogen and oxygen atoms in total. The minimum atomic E-state index is 0.308. The van der Waals surface area contributed by atoms with Crippen molar-refractivity contribution in [3.05, 3.63) is 0 Å². The van der Waals surface area contributed by atoms with E-state index in [2.05, 4.69) is 38.0 Å². The van der Waals surface area contributed by atoms with Crippen LogP contribution in [0.4, 0.5) is 0 Å². The van der Waals surface area contributed by atoms with Crippen LogP contribution in [0.15, 0.2) is 10.3 Å². The average molecular weight is 254 g/mol. The van der Waals surface area contributed by atoms with Gasteiger partial charge in [0.2, 0.25) is 0 Å². The summed E-state index contributed by atoms with van der Waals surface area (Å²) in [5, 5.41) is 7.79. The first-order valence-corrected chi connectivity index (χ1v) is 6.82. The molecule has 0 amide bonds. The quantitative estimate of drug-likeness (QED) is 0.755. The zero-order valence-electron chi connectivity index (χ0n) is 12.4. The van der Waals surface area contributed by atoms with E-state index in [0.29, 0.717) is 24.0 Å². The molecular formula is C14H26N2O2. The highest BCUT2D eigenvalue weighted by molar-refractivity contribution is 5.87. The predicted molar refractivity (Wildman–Crippen MR) is 74.9 cm³/mol. The summed E-state index contributed by atoms with van der Waals surface area (Å²) >= 11 is 0. The molecule has 0 aromatic rings. The Morgan fingerprint density at radius 3 is 1.94 bits per heavy atom. The van der Waals surface area contributed by atoms with Gasteiger partial charge in [0.15, 0.2) is 0 Å². The highest BCUT2D eigenvalue weighted by Gasteiger charge is 2.20. The first kappa shape index (κ1) is 15.0. The fourth-order valence-electron chi connectivity index (χ4n) is 1.75. The Hall–Kier alpha value is -1.06. The Labute approximate surface area is 110 Å². The fraction of sp³-hybridized carbons (Fsp3) is 0.857. The number of oxime groups is 2. The molecule has 104 valence electrons. The Bertz CT molecular complexity index is 322. The van der Waals surface area contributed by atoms with Gasteiger partial charge < -0.3 is 9.68 Å². The van der Waals surface area contributed by atoms with Crippen molar-refractivity contribution in [2.75, 3.05) is 0 Å². The van der Waals surface area contributed by atoms with Crippen LogP contribution in [0.2, 0.25) is 0 Å². The second kappa shape index (κ2) is 6.76. The maximum absolute atomic E-state index is 5.11. The number of nitrogens with zero attached hydrogens (tertiary/aromatic N) is 2. The van der Waals surface area contributed by atoms with Gasteiger partial charge in [0.05, 0.1) is 11.4 Å². The van der Waals surface area contributed by atoms with Crippen LogP contribution in [0, 0.1) is 11.8 Å². The summed E-state index contributed by atoms with van der Waals surface area (Å²) in [4.78, 5) is 10.1. The molecule has 0 radical (unpaired) electrons.